The van der Waals surface area contributed by atoms with Gasteiger partial charge in [-0.25, -0.2) is 4.68 Å². The fourth-order valence-corrected chi connectivity index (χ4v) is 3.09. The minimum absolute atomic E-state index is 0.142. The lowest BCUT2D eigenvalue weighted by atomic mass is 10.2. The molecule has 27 heavy (non-hydrogen) atoms. The maximum absolute atomic E-state index is 12.2. The Balaban J connectivity index is 1.71. The van der Waals surface area contributed by atoms with E-state index >= 15 is 0 Å². The van der Waals surface area contributed by atoms with Gasteiger partial charge in [0, 0.05) is 13.1 Å². The Labute approximate surface area is 160 Å². The monoisotopic (exact) mass is 394 g/mol. The molecule has 0 aliphatic carbocycles. The van der Waals surface area contributed by atoms with Gasteiger partial charge in [0.05, 0.1) is 12.9 Å². The average Bonchev–Trinajstić information content (AvgIpc) is 3.25. The molecule has 2 heterocycles. The summed E-state index contributed by atoms with van der Waals surface area (Å²) in [5, 5.41) is 4.59. The van der Waals surface area contributed by atoms with E-state index in [-0.39, 0.29) is 5.75 Å². The van der Waals surface area contributed by atoms with E-state index in [1.54, 1.807) is 23.1 Å². The quantitative estimate of drug-likeness (QED) is 0.531. The van der Waals surface area contributed by atoms with Crippen molar-refractivity contribution in [2.75, 3.05) is 7.05 Å². The van der Waals surface area contributed by atoms with Crippen molar-refractivity contribution in [2.24, 2.45) is 0 Å². The fourth-order valence-electron chi connectivity index (χ4n) is 2.77. The molecular formula is C18H20F2N4O2S. The molecule has 6 nitrogen and oxygen atoms in total. The SMILES string of the molecule is CCn1c(-c2ccco2)nn(CN(C)Cc2ccc(OC(F)F)cc2)c1=S. The molecule has 0 atom stereocenters. The van der Waals surface area contributed by atoms with Crippen LogP contribution in [-0.4, -0.2) is 32.9 Å². The van der Waals surface area contributed by atoms with Crippen LogP contribution in [0.2, 0.25) is 0 Å². The van der Waals surface area contributed by atoms with E-state index in [2.05, 4.69) is 9.84 Å². The molecule has 3 aromatic rings. The molecule has 0 saturated carbocycles. The lowest BCUT2D eigenvalue weighted by Crippen LogP contribution is -2.22. The van der Waals surface area contributed by atoms with Gasteiger partial charge < -0.3 is 9.15 Å². The number of halogens is 2. The largest absolute Gasteiger partial charge is 0.461 e. The summed E-state index contributed by atoms with van der Waals surface area (Å²) in [6.45, 7) is 0.948. The van der Waals surface area contributed by atoms with E-state index in [0.717, 1.165) is 5.56 Å². The lowest BCUT2D eigenvalue weighted by Gasteiger charge is -2.16. The van der Waals surface area contributed by atoms with Crippen molar-refractivity contribution in [3.05, 3.63) is 53.0 Å². The highest BCUT2D eigenvalue weighted by Gasteiger charge is 2.15. The topological polar surface area (TPSA) is 48.4 Å². The molecule has 0 fully saturated rings. The van der Waals surface area contributed by atoms with Crippen molar-refractivity contribution in [3.8, 4) is 17.3 Å². The van der Waals surface area contributed by atoms with Gasteiger partial charge in [-0.3, -0.25) is 9.47 Å². The van der Waals surface area contributed by atoms with E-state index in [9.17, 15) is 8.78 Å². The fraction of sp³-hybridized carbons (Fsp3) is 0.333. The first-order chi connectivity index (χ1) is 13.0. The molecule has 1 aromatic carbocycles. The average molecular weight is 394 g/mol. The van der Waals surface area contributed by atoms with Crippen molar-refractivity contribution < 1.29 is 17.9 Å². The molecule has 0 radical (unpaired) electrons. The van der Waals surface area contributed by atoms with Crippen LogP contribution in [0.1, 0.15) is 12.5 Å². The van der Waals surface area contributed by atoms with Crippen molar-refractivity contribution in [1.82, 2.24) is 19.2 Å². The Bertz CT molecular complexity index is 920. The predicted octanol–water partition coefficient (Wildman–Crippen LogP) is 4.38. The first kappa shape index (κ1) is 19.2. The number of furan rings is 1. The summed E-state index contributed by atoms with van der Waals surface area (Å²) in [5.74, 6) is 1.50. The standard InChI is InChI=1S/C18H20F2N4O2S/c1-3-23-16(15-5-4-10-25-15)21-24(18(23)27)12-22(2)11-13-6-8-14(9-7-13)26-17(19)20/h4-10,17H,3,11-12H2,1-2H3. The predicted molar refractivity (Wildman–Crippen MR) is 99.0 cm³/mol. The van der Waals surface area contributed by atoms with Crippen LogP contribution in [0.25, 0.3) is 11.6 Å². The molecule has 0 saturated heterocycles. The second-order valence-electron chi connectivity index (χ2n) is 6.01. The van der Waals surface area contributed by atoms with Crippen LogP contribution in [-0.2, 0) is 19.8 Å². The Morgan fingerprint density at radius 3 is 2.59 bits per heavy atom. The zero-order valence-electron chi connectivity index (χ0n) is 15.0. The first-order valence-corrected chi connectivity index (χ1v) is 8.82. The summed E-state index contributed by atoms with van der Waals surface area (Å²) >= 11 is 5.53. The number of nitrogens with zero attached hydrogens (tertiary/aromatic N) is 4. The van der Waals surface area contributed by atoms with Crippen molar-refractivity contribution in [2.45, 2.75) is 33.3 Å². The highest BCUT2D eigenvalue weighted by molar-refractivity contribution is 7.71. The number of aromatic nitrogens is 3. The molecule has 0 unspecified atom stereocenters. The molecule has 0 aliphatic heterocycles. The summed E-state index contributed by atoms with van der Waals surface area (Å²) in [7, 11) is 1.93. The molecular weight excluding hydrogens is 374 g/mol. The number of ether oxygens (including phenoxy) is 1. The number of hydrogen-bond acceptors (Lipinski definition) is 5. The lowest BCUT2D eigenvalue weighted by molar-refractivity contribution is -0.0498. The van der Waals surface area contributed by atoms with E-state index in [0.29, 0.717) is 36.1 Å². The van der Waals surface area contributed by atoms with Crippen molar-refractivity contribution in [3.63, 3.8) is 0 Å². The molecule has 0 amide bonds. The third-order valence-corrected chi connectivity index (χ3v) is 4.39. The van der Waals surface area contributed by atoms with Crippen molar-refractivity contribution >= 4 is 12.2 Å². The van der Waals surface area contributed by atoms with Gasteiger partial charge in [-0.15, -0.1) is 5.10 Å². The molecule has 2 aromatic heterocycles. The second kappa shape index (κ2) is 8.45. The Hall–Kier alpha value is -2.52. The minimum Gasteiger partial charge on any atom is -0.461 e. The van der Waals surface area contributed by atoms with Crippen LogP contribution in [0.5, 0.6) is 5.75 Å². The highest BCUT2D eigenvalue weighted by Crippen LogP contribution is 2.19. The highest BCUT2D eigenvalue weighted by atomic mass is 32.1. The van der Waals surface area contributed by atoms with Gasteiger partial charge in [-0.2, -0.15) is 8.78 Å². The summed E-state index contributed by atoms with van der Waals surface area (Å²) in [6, 6.07) is 10.2. The normalized spacial score (nSPS) is 11.5. The summed E-state index contributed by atoms with van der Waals surface area (Å²) in [4.78, 5) is 2.03. The Morgan fingerprint density at radius 1 is 1.26 bits per heavy atom. The second-order valence-corrected chi connectivity index (χ2v) is 6.37. The Morgan fingerprint density at radius 2 is 2.00 bits per heavy atom. The molecule has 0 spiro atoms. The molecule has 9 heteroatoms. The number of rotatable bonds is 8. The van der Waals surface area contributed by atoms with E-state index in [1.807, 2.05) is 35.6 Å². The third kappa shape index (κ3) is 4.61. The van der Waals surface area contributed by atoms with Crippen LogP contribution >= 0.6 is 12.2 Å². The maximum atomic E-state index is 12.2. The summed E-state index contributed by atoms with van der Waals surface area (Å²) in [5.41, 5.74) is 0.965. The molecule has 144 valence electrons. The molecule has 0 N–H and O–H groups in total. The number of hydrogen-bond donors (Lipinski definition) is 0. The van der Waals surface area contributed by atoms with E-state index < -0.39 is 6.61 Å². The minimum atomic E-state index is -2.82. The Kier molecular flexibility index (Phi) is 6.02. The summed E-state index contributed by atoms with van der Waals surface area (Å²) < 4.78 is 38.5. The van der Waals surface area contributed by atoms with Crippen LogP contribution in [0, 0.1) is 4.77 Å². The van der Waals surface area contributed by atoms with Crippen LogP contribution < -0.4 is 4.74 Å². The van der Waals surface area contributed by atoms with Gasteiger partial charge in [-0.05, 0) is 56.0 Å². The van der Waals surface area contributed by atoms with Gasteiger partial charge in [0.25, 0.3) is 0 Å². The van der Waals surface area contributed by atoms with Gasteiger partial charge >= 0.3 is 6.61 Å². The van der Waals surface area contributed by atoms with Crippen LogP contribution in [0.4, 0.5) is 8.78 Å². The third-order valence-electron chi connectivity index (χ3n) is 3.96. The van der Waals surface area contributed by atoms with Gasteiger partial charge in [0.15, 0.2) is 16.4 Å². The van der Waals surface area contributed by atoms with Gasteiger partial charge in [-0.1, -0.05) is 12.1 Å². The maximum Gasteiger partial charge on any atom is 0.387 e. The van der Waals surface area contributed by atoms with Crippen LogP contribution in [0.15, 0.2) is 47.1 Å². The summed E-state index contributed by atoms with van der Waals surface area (Å²) in [6.07, 6.45) is 1.60. The smallest absolute Gasteiger partial charge is 0.387 e. The van der Waals surface area contributed by atoms with E-state index in [4.69, 9.17) is 16.6 Å². The van der Waals surface area contributed by atoms with Crippen LogP contribution in [0.3, 0.4) is 0 Å². The zero-order chi connectivity index (χ0) is 19.4. The van der Waals surface area contributed by atoms with E-state index in [1.165, 1.54) is 12.1 Å². The zero-order valence-corrected chi connectivity index (χ0v) is 15.8. The van der Waals surface area contributed by atoms with Crippen molar-refractivity contribution in [1.29, 1.82) is 0 Å². The first-order valence-electron chi connectivity index (χ1n) is 8.41. The van der Waals surface area contributed by atoms with Gasteiger partial charge in [0.2, 0.25) is 0 Å². The number of benzene rings is 1. The molecule has 0 aliphatic rings. The van der Waals surface area contributed by atoms with Gasteiger partial charge in [0.1, 0.15) is 5.75 Å². The molecule has 0 bridgehead atoms. The molecule has 3 rings (SSSR count). The number of alkyl halides is 2.